The van der Waals surface area contributed by atoms with Crippen molar-refractivity contribution < 1.29 is 8.78 Å². The number of rotatable bonds is 1. The highest BCUT2D eigenvalue weighted by Gasteiger charge is 2.07. The predicted octanol–water partition coefficient (Wildman–Crippen LogP) is 2.64. The van der Waals surface area contributed by atoms with Gasteiger partial charge in [-0.2, -0.15) is 5.26 Å². The summed E-state index contributed by atoms with van der Waals surface area (Å²) in [6.45, 7) is 0. The lowest BCUT2D eigenvalue weighted by atomic mass is 10.1. The van der Waals surface area contributed by atoms with E-state index in [9.17, 15) is 8.78 Å². The van der Waals surface area contributed by atoms with E-state index in [1.807, 2.05) is 6.07 Å². The van der Waals surface area contributed by atoms with E-state index in [1.165, 1.54) is 6.07 Å². The average Bonchev–Trinajstić information content (AvgIpc) is 2.01. The third-order valence-electron chi connectivity index (χ3n) is 1.33. The van der Waals surface area contributed by atoms with Gasteiger partial charge in [-0.3, -0.25) is 0 Å². The molecule has 0 aliphatic rings. The summed E-state index contributed by atoms with van der Waals surface area (Å²) in [6.07, 6.45) is 0.104. The topological polar surface area (TPSA) is 23.8 Å². The number of halogens is 3. The van der Waals surface area contributed by atoms with Crippen LogP contribution in [0.2, 0.25) is 0 Å². The maximum absolute atomic E-state index is 12.7. The van der Waals surface area contributed by atoms with Crippen LogP contribution in [0.1, 0.15) is 5.56 Å². The molecule has 0 aliphatic carbocycles. The molecule has 1 rings (SSSR count). The highest BCUT2D eigenvalue weighted by atomic mass is 127. The van der Waals surface area contributed by atoms with Crippen LogP contribution in [-0.4, -0.2) is 0 Å². The highest BCUT2D eigenvalue weighted by Crippen LogP contribution is 2.16. The fraction of sp³-hybridized carbons (Fsp3) is 0.125. The molecule has 0 radical (unpaired) electrons. The van der Waals surface area contributed by atoms with Crippen LogP contribution in [0.25, 0.3) is 0 Å². The maximum atomic E-state index is 12.7. The van der Waals surface area contributed by atoms with Crippen LogP contribution in [0.5, 0.6) is 0 Å². The zero-order valence-corrected chi connectivity index (χ0v) is 8.10. The second-order valence-electron chi connectivity index (χ2n) is 2.21. The van der Waals surface area contributed by atoms with Crippen LogP contribution in [0, 0.1) is 26.5 Å². The van der Waals surface area contributed by atoms with E-state index in [4.69, 9.17) is 5.26 Å². The van der Waals surface area contributed by atoms with Crippen LogP contribution in [-0.2, 0) is 6.42 Å². The summed E-state index contributed by atoms with van der Waals surface area (Å²) >= 11 is 1.69. The molecule has 0 atom stereocenters. The van der Waals surface area contributed by atoms with Crippen molar-refractivity contribution in [1.82, 2.24) is 0 Å². The van der Waals surface area contributed by atoms with Gasteiger partial charge >= 0.3 is 0 Å². The first-order valence-electron chi connectivity index (χ1n) is 3.15. The van der Waals surface area contributed by atoms with Gasteiger partial charge in [-0.1, -0.05) is 0 Å². The van der Waals surface area contributed by atoms with Gasteiger partial charge in [-0.25, -0.2) is 8.78 Å². The van der Waals surface area contributed by atoms with Crippen LogP contribution >= 0.6 is 22.6 Å². The van der Waals surface area contributed by atoms with Crippen molar-refractivity contribution in [2.75, 3.05) is 0 Å². The van der Waals surface area contributed by atoms with Crippen LogP contribution < -0.4 is 0 Å². The van der Waals surface area contributed by atoms with Crippen molar-refractivity contribution in [3.8, 4) is 6.07 Å². The quantitative estimate of drug-likeness (QED) is 0.572. The van der Waals surface area contributed by atoms with Gasteiger partial charge in [0.1, 0.15) is 0 Å². The van der Waals surface area contributed by atoms with Crippen molar-refractivity contribution in [2.45, 2.75) is 6.42 Å². The molecule has 62 valence electrons. The Morgan fingerprint density at radius 2 is 2.08 bits per heavy atom. The molecule has 1 nitrogen and oxygen atoms in total. The molecule has 12 heavy (non-hydrogen) atoms. The average molecular weight is 279 g/mol. The van der Waals surface area contributed by atoms with E-state index in [1.54, 1.807) is 22.6 Å². The Morgan fingerprint density at radius 1 is 1.42 bits per heavy atom. The van der Waals surface area contributed by atoms with Crippen LogP contribution in [0.4, 0.5) is 8.78 Å². The largest absolute Gasteiger partial charge is 0.204 e. The Balaban J connectivity index is 3.14. The monoisotopic (exact) mass is 279 g/mol. The van der Waals surface area contributed by atoms with Gasteiger partial charge in [-0.15, -0.1) is 0 Å². The molecule has 0 aliphatic heterocycles. The summed E-state index contributed by atoms with van der Waals surface area (Å²) in [4.78, 5) is 0. The minimum Gasteiger partial charge on any atom is -0.204 e. The number of benzene rings is 1. The first-order chi connectivity index (χ1) is 5.65. The summed E-state index contributed by atoms with van der Waals surface area (Å²) in [7, 11) is 0. The Morgan fingerprint density at radius 3 is 2.58 bits per heavy atom. The second-order valence-corrected chi connectivity index (χ2v) is 3.37. The van der Waals surface area contributed by atoms with Crippen molar-refractivity contribution >= 4 is 22.6 Å². The van der Waals surface area contributed by atoms with E-state index in [0.29, 0.717) is 5.56 Å². The Kier molecular flexibility index (Phi) is 2.98. The molecule has 0 unspecified atom stereocenters. The smallest absolute Gasteiger partial charge is 0.172 e. The molecule has 1 aromatic carbocycles. The number of nitrogens with zero attached hydrogens (tertiary/aromatic N) is 1. The molecule has 0 aromatic heterocycles. The van der Waals surface area contributed by atoms with Crippen molar-refractivity contribution in [3.63, 3.8) is 0 Å². The molecule has 0 fully saturated rings. The lowest BCUT2D eigenvalue weighted by molar-refractivity contribution is 0.502. The normalized spacial score (nSPS) is 9.50. The van der Waals surface area contributed by atoms with Gasteiger partial charge in [0.15, 0.2) is 11.6 Å². The molecule has 0 saturated heterocycles. The Hall–Kier alpha value is -0.700. The van der Waals surface area contributed by atoms with Crippen LogP contribution in [0.3, 0.4) is 0 Å². The van der Waals surface area contributed by atoms with E-state index >= 15 is 0 Å². The predicted molar refractivity (Wildman–Crippen MR) is 48.4 cm³/mol. The number of nitriles is 1. The molecular formula is C8H4F2IN. The minimum atomic E-state index is -0.896. The summed E-state index contributed by atoms with van der Waals surface area (Å²) in [5, 5.41) is 8.30. The van der Waals surface area contributed by atoms with Gasteiger partial charge in [0, 0.05) is 0 Å². The Labute approximate surface area is 82.1 Å². The molecular weight excluding hydrogens is 275 g/mol. The van der Waals surface area contributed by atoms with Gasteiger partial charge in [0.25, 0.3) is 0 Å². The molecule has 0 spiro atoms. The van der Waals surface area contributed by atoms with E-state index in [-0.39, 0.29) is 9.99 Å². The molecule has 0 N–H and O–H groups in total. The van der Waals surface area contributed by atoms with Crippen molar-refractivity contribution in [1.29, 1.82) is 5.26 Å². The maximum Gasteiger partial charge on any atom is 0.172 e. The van der Waals surface area contributed by atoms with E-state index < -0.39 is 11.6 Å². The molecule has 1 aromatic rings. The molecule has 0 amide bonds. The highest BCUT2D eigenvalue weighted by molar-refractivity contribution is 14.1. The van der Waals surface area contributed by atoms with Gasteiger partial charge < -0.3 is 0 Å². The molecule has 4 heteroatoms. The zero-order chi connectivity index (χ0) is 9.14. The zero-order valence-electron chi connectivity index (χ0n) is 5.94. The SMILES string of the molecule is N#CCc1cc(F)c(F)c(I)c1. The lowest BCUT2D eigenvalue weighted by Crippen LogP contribution is -1.92. The third kappa shape index (κ3) is 1.91. The van der Waals surface area contributed by atoms with E-state index in [0.717, 1.165) is 6.07 Å². The number of hydrogen-bond acceptors (Lipinski definition) is 1. The molecule has 0 saturated carbocycles. The molecule has 0 heterocycles. The van der Waals surface area contributed by atoms with E-state index in [2.05, 4.69) is 0 Å². The summed E-state index contributed by atoms with van der Waals surface area (Å²) < 4.78 is 25.6. The standard InChI is InChI=1S/C8H4F2IN/c9-6-3-5(1-2-12)4-7(11)8(6)10/h3-4H,1H2. The third-order valence-corrected chi connectivity index (χ3v) is 2.11. The minimum absolute atomic E-state index is 0.104. The first kappa shape index (κ1) is 9.39. The summed E-state index contributed by atoms with van der Waals surface area (Å²) in [5.74, 6) is -1.75. The summed E-state index contributed by atoms with van der Waals surface area (Å²) in [6, 6.07) is 4.37. The van der Waals surface area contributed by atoms with Crippen molar-refractivity contribution in [2.24, 2.45) is 0 Å². The van der Waals surface area contributed by atoms with Crippen LogP contribution in [0.15, 0.2) is 12.1 Å². The van der Waals surface area contributed by atoms with Gasteiger partial charge in [-0.05, 0) is 40.3 Å². The van der Waals surface area contributed by atoms with Crippen molar-refractivity contribution in [3.05, 3.63) is 32.9 Å². The first-order valence-corrected chi connectivity index (χ1v) is 4.23. The van der Waals surface area contributed by atoms with Gasteiger partial charge in [0.05, 0.1) is 16.1 Å². The summed E-state index contributed by atoms with van der Waals surface area (Å²) in [5.41, 5.74) is 0.501. The fourth-order valence-electron chi connectivity index (χ4n) is 0.801. The van der Waals surface area contributed by atoms with Gasteiger partial charge in [0.2, 0.25) is 0 Å². The Bertz CT molecular complexity index is 320. The number of hydrogen-bond donors (Lipinski definition) is 0. The lowest BCUT2D eigenvalue weighted by Gasteiger charge is -1.99. The fourth-order valence-corrected chi connectivity index (χ4v) is 1.46. The second kappa shape index (κ2) is 3.81. The molecule has 0 bridgehead atoms.